The fraction of sp³-hybridized carbons (Fsp3) is 0.923. The standard InChI is InChI=1S/C13H20FNO/c14-16-13-7-5-12(6-8-13)11-3-1-10(9-15)2-4-11/h10-13H,1-8H2. The summed E-state index contributed by atoms with van der Waals surface area (Å²) < 4.78 is 12.0. The molecule has 0 aromatic heterocycles. The molecule has 2 aliphatic rings. The summed E-state index contributed by atoms with van der Waals surface area (Å²) in [6, 6.07) is 2.37. The summed E-state index contributed by atoms with van der Waals surface area (Å²) in [6.07, 6.45) is 8.35. The van der Waals surface area contributed by atoms with Crippen LogP contribution < -0.4 is 0 Å². The van der Waals surface area contributed by atoms with Gasteiger partial charge in [0.25, 0.3) is 0 Å². The summed E-state index contributed by atoms with van der Waals surface area (Å²) in [5.41, 5.74) is 0. The first-order chi connectivity index (χ1) is 7.83. The number of nitrogens with zero attached hydrogens (tertiary/aromatic N) is 1. The second-order valence-electron chi connectivity index (χ2n) is 5.37. The van der Waals surface area contributed by atoms with Crippen LogP contribution in [0.3, 0.4) is 0 Å². The second-order valence-corrected chi connectivity index (χ2v) is 5.37. The van der Waals surface area contributed by atoms with Gasteiger partial charge in [-0.1, -0.05) is 0 Å². The molecule has 0 amide bonds. The number of halogens is 1. The van der Waals surface area contributed by atoms with Crippen molar-refractivity contribution in [2.75, 3.05) is 0 Å². The molecule has 0 N–H and O–H groups in total. The molecule has 0 radical (unpaired) electrons. The van der Waals surface area contributed by atoms with E-state index in [-0.39, 0.29) is 6.10 Å². The van der Waals surface area contributed by atoms with Gasteiger partial charge in [0.1, 0.15) is 0 Å². The third-order valence-corrected chi connectivity index (χ3v) is 4.47. The van der Waals surface area contributed by atoms with E-state index in [1.807, 2.05) is 0 Å². The second kappa shape index (κ2) is 5.63. The van der Waals surface area contributed by atoms with Crippen LogP contribution in [0.2, 0.25) is 0 Å². The van der Waals surface area contributed by atoms with Crippen LogP contribution in [0.1, 0.15) is 51.4 Å². The maximum Gasteiger partial charge on any atom is 0.0983 e. The largest absolute Gasteiger partial charge is 0.198 e. The SMILES string of the molecule is N#CC1CCC(C2CCC(OF)CC2)CC1. The predicted octanol–water partition coefficient (Wildman–Crippen LogP) is 3.78. The van der Waals surface area contributed by atoms with Gasteiger partial charge in [-0.05, 0) is 67.7 Å². The van der Waals surface area contributed by atoms with Gasteiger partial charge >= 0.3 is 0 Å². The maximum atomic E-state index is 12.0. The van der Waals surface area contributed by atoms with Gasteiger partial charge in [-0.3, -0.25) is 0 Å². The van der Waals surface area contributed by atoms with Gasteiger partial charge in [0, 0.05) is 5.92 Å². The number of hydrogen-bond donors (Lipinski definition) is 0. The lowest BCUT2D eigenvalue weighted by atomic mass is 9.71. The van der Waals surface area contributed by atoms with Gasteiger partial charge in [-0.2, -0.15) is 10.2 Å². The van der Waals surface area contributed by atoms with Gasteiger partial charge in [-0.15, -0.1) is 0 Å². The fourth-order valence-electron chi connectivity index (χ4n) is 3.37. The van der Waals surface area contributed by atoms with Crippen LogP contribution in [0, 0.1) is 29.1 Å². The molecular formula is C13H20FNO. The molecule has 0 saturated heterocycles. The average Bonchev–Trinajstić information content (AvgIpc) is 2.39. The minimum Gasteiger partial charge on any atom is -0.198 e. The first-order valence-corrected chi connectivity index (χ1v) is 6.50. The van der Waals surface area contributed by atoms with Crippen molar-refractivity contribution in [3.8, 4) is 6.07 Å². The van der Waals surface area contributed by atoms with Crippen LogP contribution in [0.25, 0.3) is 0 Å². The number of nitriles is 1. The van der Waals surface area contributed by atoms with Crippen LogP contribution in [0.15, 0.2) is 0 Å². The number of hydrogen-bond acceptors (Lipinski definition) is 2. The van der Waals surface area contributed by atoms with Crippen molar-refractivity contribution in [1.29, 1.82) is 5.26 Å². The fourth-order valence-corrected chi connectivity index (χ4v) is 3.37. The van der Waals surface area contributed by atoms with E-state index < -0.39 is 0 Å². The zero-order chi connectivity index (χ0) is 11.4. The third-order valence-electron chi connectivity index (χ3n) is 4.47. The Morgan fingerprint density at radius 3 is 1.81 bits per heavy atom. The van der Waals surface area contributed by atoms with E-state index in [0.29, 0.717) is 5.92 Å². The Hall–Kier alpha value is -0.620. The van der Waals surface area contributed by atoms with Gasteiger partial charge in [-0.25, -0.2) is 0 Å². The summed E-state index contributed by atoms with van der Waals surface area (Å²) in [6.45, 7) is 0. The Morgan fingerprint density at radius 2 is 1.38 bits per heavy atom. The Kier molecular flexibility index (Phi) is 4.17. The molecule has 2 nitrogen and oxygen atoms in total. The van der Waals surface area contributed by atoms with Crippen LogP contribution >= 0.6 is 0 Å². The topological polar surface area (TPSA) is 33.0 Å². The summed E-state index contributed by atoms with van der Waals surface area (Å²) in [7, 11) is 0. The molecule has 2 aliphatic carbocycles. The van der Waals surface area contributed by atoms with E-state index in [1.165, 1.54) is 12.8 Å². The van der Waals surface area contributed by atoms with Crippen LogP contribution in [0.5, 0.6) is 0 Å². The third kappa shape index (κ3) is 2.74. The molecule has 16 heavy (non-hydrogen) atoms. The van der Waals surface area contributed by atoms with Crippen molar-refractivity contribution >= 4 is 0 Å². The minimum atomic E-state index is -0.147. The molecule has 0 unspecified atom stereocenters. The molecule has 0 atom stereocenters. The minimum absolute atomic E-state index is 0.147. The highest BCUT2D eigenvalue weighted by Gasteiger charge is 2.31. The summed E-state index contributed by atoms with van der Waals surface area (Å²) in [5.74, 6) is 1.83. The molecule has 0 bridgehead atoms. The molecular weight excluding hydrogens is 205 g/mol. The lowest BCUT2D eigenvalue weighted by Crippen LogP contribution is -2.27. The molecule has 0 heterocycles. The summed E-state index contributed by atoms with van der Waals surface area (Å²) >= 11 is 0. The van der Waals surface area contributed by atoms with Crippen molar-refractivity contribution in [3.63, 3.8) is 0 Å². The summed E-state index contributed by atoms with van der Waals surface area (Å²) in [5, 5.41) is 8.85. The first kappa shape index (κ1) is 11.9. The van der Waals surface area contributed by atoms with E-state index in [0.717, 1.165) is 50.4 Å². The number of rotatable bonds is 2. The molecule has 2 saturated carbocycles. The molecule has 3 heteroatoms. The Labute approximate surface area is 96.7 Å². The van der Waals surface area contributed by atoms with E-state index >= 15 is 0 Å². The highest BCUT2D eigenvalue weighted by molar-refractivity contribution is 4.89. The van der Waals surface area contributed by atoms with Gasteiger partial charge in [0.2, 0.25) is 0 Å². The van der Waals surface area contributed by atoms with E-state index in [1.54, 1.807) is 0 Å². The Morgan fingerprint density at radius 1 is 0.875 bits per heavy atom. The quantitative estimate of drug-likeness (QED) is 0.716. The molecule has 0 aromatic carbocycles. The summed E-state index contributed by atoms with van der Waals surface area (Å²) in [4.78, 5) is 3.92. The molecule has 90 valence electrons. The Bertz CT molecular complexity index is 247. The highest BCUT2D eigenvalue weighted by atomic mass is 19.3. The van der Waals surface area contributed by atoms with Crippen LogP contribution in [0.4, 0.5) is 4.53 Å². The van der Waals surface area contributed by atoms with Crippen LogP contribution in [-0.4, -0.2) is 6.10 Å². The van der Waals surface area contributed by atoms with Crippen molar-refractivity contribution in [2.24, 2.45) is 17.8 Å². The zero-order valence-electron chi connectivity index (χ0n) is 9.70. The van der Waals surface area contributed by atoms with Crippen molar-refractivity contribution in [2.45, 2.75) is 57.5 Å². The average molecular weight is 225 g/mol. The van der Waals surface area contributed by atoms with Crippen molar-refractivity contribution in [3.05, 3.63) is 0 Å². The lowest BCUT2D eigenvalue weighted by molar-refractivity contribution is -0.191. The monoisotopic (exact) mass is 225 g/mol. The Balaban J connectivity index is 1.76. The maximum absolute atomic E-state index is 12.0. The molecule has 2 fully saturated rings. The van der Waals surface area contributed by atoms with E-state index in [9.17, 15) is 4.53 Å². The van der Waals surface area contributed by atoms with Crippen molar-refractivity contribution < 1.29 is 9.47 Å². The first-order valence-electron chi connectivity index (χ1n) is 6.50. The van der Waals surface area contributed by atoms with Crippen LogP contribution in [-0.2, 0) is 4.94 Å². The predicted molar refractivity (Wildman–Crippen MR) is 59.0 cm³/mol. The van der Waals surface area contributed by atoms with E-state index in [2.05, 4.69) is 11.0 Å². The van der Waals surface area contributed by atoms with Gasteiger partial charge in [0.05, 0.1) is 12.2 Å². The van der Waals surface area contributed by atoms with Gasteiger partial charge in [0.15, 0.2) is 0 Å². The van der Waals surface area contributed by atoms with Gasteiger partial charge < -0.3 is 0 Å². The highest BCUT2D eigenvalue weighted by Crippen LogP contribution is 2.40. The normalized spacial score (nSPS) is 40.2. The molecule has 2 rings (SSSR count). The molecule has 0 spiro atoms. The van der Waals surface area contributed by atoms with Crippen molar-refractivity contribution in [1.82, 2.24) is 0 Å². The molecule has 0 aliphatic heterocycles. The zero-order valence-corrected chi connectivity index (χ0v) is 9.70. The lowest BCUT2D eigenvalue weighted by Gasteiger charge is -2.35. The smallest absolute Gasteiger partial charge is 0.0983 e. The van der Waals surface area contributed by atoms with E-state index in [4.69, 9.17) is 5.26 Å². The molecule has 0 aromatic rings.